The Kier molecular flexibility index (Phi) is 3.69. The van der Waals surface area contributed by atoms with E-state index in [4.69, 9.17) is 5.11 Å². The zero-order valence-electron chi connectivity index (χ0n) is 8.20. The highest BCUT2D eigenvalue weighted by Crippen LogP contribution is 2.20. The van der Waals surface area contributed by atoms with Gasteiger partial charge in [0.25, 0.3) is 0 Å². The summed E-state index contributed by atoms with van der Waals surface area (Å²) in [5.41, 5.74) is 0.930. The smallest absolute Gasteiger partial charge is 0.306 e. The van der Waals surface area contributed by atoms with E-state index in [9.17, 15) is 4.79 Å². The van der Waals surface area contributed by atoms with Crippen LogP contribution < -0.4 is 0 Å². The summed E-state index contributed by atoms with van der Waals surface area (Å²) in [6.07, 6.45) is 2.83. The number of carbonyl (C=O) groups is 1. The van der Waals surface area contributed by atoms with Crippen molar-refractivity contribution in [2.75, 3.05) is 0 Å². The normalized spacial score (nSPS) is 12.8. The molecule has 0 aliphatic carbocycles. The molecule has 78 valence electrons. The summed E-state index contributed by atoms with van der Waals surface area (Å²) in [5.74, 6) is -1.08. The first-order chi connectivity index (χ1) is 6.56. The van der Waals surface area contributed by atoms with Crippen molar-refractivity contribution >= 4 is 21.9 Å². The number of nitrogens with zero attached hydrogens (tertiary/aromatic N) is 2. The van der Waals surface area contributed by atoms with Crippen LogP contribution in [-0.2, 0) is 18.3 Å². The standard InChI is InChI=1S/C9H13BrN2O2/c1-3-6(9(13)14)4-8-7(10)5-11-12(8)2/h5-6H,3-4H2,1-2H3,(H,13,14). The van der Waals surface area contributed by atoms with Crippen LogP contribution in [-0.4, -0.2) is 20.9 Å². The number of aliphatic carboxylic acids is 1. The van der Waals surface area contributed by atoms with Gasteiger partial charge in [-0.15, -0.1) is 0 Å². The molecule has 0 amide bonds. The van der Waals surface area contributed by atoms with E-state index in [0.717, 1.165) is 10.2 Å². The molecule has 0 aliphatic rings. The van der Waals surface area contributed by atoms with Crippen LogP contribution in [0, 0.1) is 5.92 Å². The molecule has 0 spiro atoms. The first-order valence-electron chi connectivity index (χ1n) is 4.45. The Bertz CT molecular complexity index is 316. The third-order valence-electron chi connectivity index (χ3n) is 2.29. The van der Waals surface area contributed by atoms with E-state index in [2.05, 4.69) is 21.0 Å². The predicted molar refractivity (Wildman–Crippen MR) is 56.0 cm³/mol. The molecule has 1 atom stereocenters. The molecule has 0 saturated heterocycles. The lowest BCUT2D eigenvalue weighted by Crippen LogP contribution is -2.17. The Morgan fingerprint density at radius 1 is 1.79 bits per heavy atom. The molecule has 1 aromatic rings. The fourth-order valence-corrected chi connectivity index (χ4v) is 1.82. The second kappa shape index (κ2) is 4.59. The Hall–Kier alpha value is -0.840. The number of hydrogen-bond acceptors (Lipinski definition) is 2. The number of halogens is 1. The van der Waals surface area contributed by atoms with Crippen LogP contribution in [0.1, 0.15) is 19.0 Å². The number of carboxylic acid groups (broad SMARTS) is 1. The summed E-state index contributed by atoms with van der Waals surface area (Å²) in [4.78, 5) is 10.8. The van der Waals surface area contributed by atoms with Crippen LogP contribution in [0.5, 0.6) is 0 Å². The minimum Gasteiger partial charge on any atom is -0.481 e. The van der Waals surface area contributed by atoms with Gasteiger partial charge in [-0.05, 0) is 22.4 Å². The van der Waals surface area contributed by atoms with E-state index in [-0.39, 0.29) is 5.92 Å². The van der Waals surface area contributed by atoms with Crippen molar-refractivity contribution in [3.8, 4) is 0 Å². The van der Waals surface area contributed by atoms with Crippen molar-refractivity contribution in [2.45, 2.75) is 19.8 Å². The molecule has 5 heteroatoms. The molecule has 4 nitrogen and oxygen atoms in total. The SMILES string of the molecule is CCC(Cc1c(Br)cnn1C)C(=O)O. The van der Waals surface area contributed by atoms with Crippen LogP contribution in [0.2, 0.25) is 0 Å². The molecule has 1 N–H and O–H groups in total. The molecule has 0 bridgehead atoms. The van der Waals surface area contributed by atoms with Gasteiger partial charge in [0.1, 0.15) is 0 Å². The number of carboxylic acids is 1. The minimum atomic E-state index is -0.749. The summed E-state index contributed by atoms with van der Waals surface area (Å²) in [6, 6.07) is 0. The lowest BCUT2D eigenvalue weighted by Gasteiger charge is -2.09. The first kappa shape index (κ1) is 11.2. The van der Waals surface area contributed by atoms with E-state index in [1.807, 2.05) is 14.0 Å². The third kappa shape index (κ3) is 2.35. The average Bonchev–Trinajstić information content (AvgIpc) is 2.43. The summed E-state index contributed by atoms with van der Waals surface area (Å²) in [5, 5.41) is 12.9. The maximum absolute atomic E-state index is 10.8. The summed E-state index contributed by atoms with van der Waals surface area (Å²) in [6.45, 7) is 1.88. The second-order valence-electron chi connectivity index (χ2n) is 3.21. The maximum atomic E-state index is 10.8. The van der Waals surface area contributed by atoms with Gasteiger partial charge in [0, 0.05) is 13.5 Å². The average molecular weight is 261 g/mol. The maximum Gasteiger partial charge on any atom is 0.306 e. The summed E-state index contributed by atoms with van der Waals surface area (Å²) >= 11 is 3.35. The molecule has 1 heterocycles. The van der Waals surface area contributed by atoms with Gasteiger partial charge in [0.2, 0.25) is 0 Å². The van der Waals surface area contributed by atoms with E-state index in [1.54, 1.807) is 10.9 Å². The fourth-order valence-electron chi connectivity index (χ4n) is 1.31. The molecule has 0 aromatic carbocycles. The molecule has 0 fully saturated rings. The van der Waals surface area contributed by atoms with Crippen LogP contribution in [0.3, 0.4) is 0 Å². The van der Waals surface area contributed by atoms with Gasteiger partial charge < -0.3 is 5.11 Å². The molecular formula is C9H13BrN2O2. The number of aromatic nitrogens is 2. The second-order valence-corrected chi connectivity index (χ2v) is 4.06. The van der Waals surface area contributed by atoms with E-state index < -0.39 is 5.97 Å². The zero-order valence-corrected chi connectivity index (χ0v) is 9.78. The largest absolute Gasteiger partial charge is 0.481 e. The molecule has 1 rings (SSSR count). The van der Waals surface area contributed by atoms with Crippen molar-refractivity contribution < 1.29 is 9.90 Å². The van der Waals surface area contributed by atoms with Gasteiger partial charge in [-0.3, -0.25) is 9.48 Å². The molecule has 0 aliphatic heterocycles. The minimum absolute atomic E-state index is 0.332. The van der Waals surface area contributed by atoms with Gasteiger partial charge in [0.15, 0.2) is 0 Å². The molecule has 14 heavy (non-hydrogen) atoms. The third-order valence-corrected chi connectivity index (χ3v) is 2.95. The number of hydrogen-bond donors (Lipinski definition) is 1. The van der Waals surface area contributed by atoms with Crippen molar-refractivity contribution in [1.29, 1.82) is 0 Å². The summed E-state index contributed by atoms with van der Waals surface area (Å²) in [7, 11) is 1.81. The van der Waals surface area contributed by atoms with Crippen molar-refractivity contribution in [1.82, 2.24) is 9.78 Å². The Morgan fingerprint density at radius 3 is 2.79 bits per heavy atom. The van der Waals surface area contributed by atoms with Crippen LogP contribution in [0.15, 0.2) is 10.7 Å². The topological polar surface area (TPSA) is 55.1 Å². The van der Waals surface area contributed by atoms with Gasteiger partial charge >= 0.3 is 5.97 Å². The van der Waals surface area contributed by atoms with Crippen molar-refractivity contribution in [3.05, 3.63) is 16.4 Å². The highest BCUT2D eigenvalue weighted by atomic mass is 79.9. The molecule has 1 aromatic heterocycles. The van der Waals surface area contributed by atoms with Gasteiger partial charge in [-0.2, -0.15) is 5.10 Å². The predicted octanol–water partition coefficient (Wildman–Crippen LogP) is 1.84. The Balaban J connectivity index is 2.81. The Labute approximate surface area is 91.1 Å². The fraction of sp³-hybridized carbons (Fsp3) is 0.556. The number of rotatable bonds is 4. The van der Waals surface area contributed by atoms with Gasteiger partial charge in [0.05, 0.1) is 22.3 Å². The van der Waals surface area contributed by atoms with Crippen LogP contribution >= 0.6 is 15.9 Å². The highest BCUT2D eigenvalue weighted by Gasteiger charge is 2.19. The van der Waals surface area contributed by atoms with E-state index in [1.165, 1.54) is 0 Å². The number of aryl methyl sites for hydroxylation is 1. The zero-order chi connectivity index (χ0) is 10.7. The molecule has 1 unspecified atom stereocenters. The lowest BCUT2D eigenvalue weighted by molar-refractivity contribution is -0.141. The molecule has 0 radical (unpaired) electrons. The monoisotopic (exact) mass is 260 g/mol. The van der Waals surface area contributed by atoms with E-state index in [0.29, 0.717) is 12.8 Å². The van der Waals surface area contributed by atoms with Gasteiger partial charge in [-0.25, -0.2) is 0 Å². The first-order valence-corrected chi connectivity index (χ1v) is 5.24. The molecule has 0 saturated carbocycles. The van der Waals surface area contributed by atoms with Gasteiger partial charge in [-0.1, -0.05) is 6.92 Å². The lowest BCUT2D eigenvalue weighted by atomic mass is 10.0. The van der Waals surface area contributed by atoms with Crippen molar-refractivity contribution in [2.24, 2.45) is 13.0 Å². The summed E-state index contributed by atoms with van der Waals surface area (Å²) < 4.78 is 2.58. The molecular weight excluding hydrogens is 248 g/mol. The van der Waals surface area contributed by atoms with Crippen molar-refractivity contribution in [3.63, 3.8) is 0 Å². The Morgan fingerprint density at radius 2 is 2.43 bits per heavy atom. The van der Waals surface area contributed by atoms with Crippen LogP contribution in [0.25, 0.3) is 0 Å². The van der Waals surface area contributed by atoms with Crippen LogP contribution in [0.4, 0.5) is 0 Å². The van der Waals surface area contributed by atoms with E-state index >= 15 is 0 Å². The highest BCUT2D eigenvalue weighted by molar-refractivity contribution is 9.10. The quantitative estimate of drug-likeness (QED) is 0.899.